The number of hydrogen-bond acceptors (Lipinski definition) is 4. The SMILES string of the molecule is CCNC(=O)CCn1c(N)nc2cnccc21. The van der Waals surface area contributed by atoms with E-state index in [4.69, 9.17) is 5.73 Å². The Labute approximate surface area is 98.8 Å². The molecule has 6 heteroatoms. The van der Waals surface area contributed by atoms with Gasteiger partial charge in [-0.1, -0.05) is 0 Å². The number of carbonyl (C=O) groups excluding carboxylic acids is 1. The van der Waals surface area contributed by atoms with Crippen LogP contribution in [0.15, 0.2) is 18.5 Å². The molecule has 2 aromatic heterocycles. The van der Waals surface area contributed by atoms with E-state index in [0.29, 0.717) is 25.5 Å². The third-order valence-corrected chi connectivity index (χ3v) is 2.52. The largest absolute Gasteiger partial charge is 0.369 e. The van der Waals surface area contributed by atoms with Gasteiger partial charge in [-0.25, -0.2) is 4.98 Å². The van der Waals surface area contributed by atoms with Gasteiger partial charge in [-0.15, -0.1) is 0 Å². The molecular formula is C11H15N5O. The van der Waals surface area contributed by atoms with Crippen molar-refractivity contribution >= 4 is 22.9 Å². The van der Waals surface area contributed by atoms with E-state index in [1.54, 1.807) is 12.4 Å². The van der Waals surface area contributed by atoms with Crippen molar-refractivity contribution in [2.75, 3.05) is 12.3 Å². The Hall–Kier alpha value is -2.11. The van der Waals surface area contributed by atoms with Crippen LogP contribution in [-0.4, -0.2) is 27.0 Å². The molecule has 2 aromatic rings. The lowest BCUT2D eigenvalue weighted by Gasteiger charge is -2.06. The molecule has 6 nitrogen and oxygen atoms in total. The monoisotopic (exact) mass is 233 g/mol. The van der Waals surface area contributed by atoms with E-state index >= 15 is 0 Å². The molecule has 0 aromatic carbocycles. The highest BCUT2D eigenvalue weighted by atomic mass is 16.1. The van der Waals surface area contributed by atoms with Crippen molar-refractivity contribution in [3.05, 3.63) is 18.5 Å². The normalized spacial score (nSPS) is 10.6. The second-order valence-corrected chi connectivity index (χ2v) is 3.69. The van der Waals surface area contributed by atoms with E-state index in [1.807, 2.05) is 17.6 Å². The molecule has 17 heavy (non-hydrogen) atoms. The standard InChI is InChI=1S/C11H15N5O/c1-2-14-10(17)4-6-16-9-3-5-13-7-8(9)15-11(16)12/h3,5,7H,2,4,6H2,1H3,(H2,12,15)(H,14,17). The molecule has 1 amide bonds. The fourth-order valence-corrected chi connectivity index (χ4v) is 1.73. The van der Waals surface area contributed by atoms with Gasteiger partial charge in [0.25, 0.3) is 0 Å². The van der Waals surface area contributed by atoms with Gasteiger partial charge in [0.1, 0.15) is 5.52 Å². The van der Waals surface area contributed by atoms with Gasteiger partial charge < -0.3 is 15.6 Å². The predicted molar refractivity (Wildman–Crippen MR) is 65.2 cm³/mol. The summed E-state index contributed by atoms with van der Waals surface area (Å²) in [5, 5.41) is 2.75. The van der Waals surface area contributed by atoms with Gasteiger partial charge >= 0.3 is 0 Å². The lowest BCUT2D eigenvalue weighted by atomic mass is 10.3. The quantitative estimate of drug-likeness (QED) is 0.807. The van der Waals surface area contributed by atoms with Crippen molar-refractivity contribution in [1.82, 2.24) is 19.9 Å². The fraction of sp³-hybridized carbons (Fsp3) is 0.364. The van der Waals surface area contributed by atoms with E-state index in [1.165, 1.54) is 0 Å². The first kappa shape index (κ1) is 11.4. The number of rotatable bonds is 4. The van der Waals surface area contributed by atoms with E-state index < -0.39 is 0 Å². The van der Waals surface area contributed by atoms with Crippen molar-refractivity contribution in [3.63, 3.8) is 0 Å². The van der Waals surface area contributed by atoms with Crippen LogP contribution in [0.1, 0.15) is 13.3 Å². The number of fused-ring (bicyclic) bond motifs is 1. The van der Waals surface area contributed by atoms with Crippen molar-refractivity contribution in [1.29, 1.82) is 0 Å². The summed E-state index contributed by atoms with van der Waals surface area (Å²) in [4.78, 5) is 19.6. The van der Waals surface area contributed by atoms with Gasteiger partial charge in [0.05, 0.1) is 11.7 Å². The number of pyridine rings is 1. The first-order chi connectivity index (χ1) is 8.22. The van der Waals surface area contributed by atoms with E-state index in [9.17, 15) is 4.79 Å². The van der Waals surface area contributed by atoms with Gasteiger partial charge in [0.2, 0.25) is 11.9 Å². The highest BCUT2D eigenvalue weighted by molar-refractivity contribution is 5.78. The van der Waals surface area contributed by atoms with Crippen LogP contribution in [0.25, 0.3) is 11.0 Å². The summed E-state index contributed by atoms with van der Waals surface area (Å²) in [6, 6.07) is 1.84. The number of carbonyl (C=O) groups is 1. The van der Waals surface area contributed by atoms with Crippen LogP contribution < -0.4 is 11.1 Å². The molecule has 0 saturated heterocycles. The molecular weight excluding hydrogens is 218 g/mol. The molecule has 2 heterocycles. The summed E-state index contributed by atoms with van der Waals surface area (Å²) < 4.78 is 1.83. The van der Waals surface area contributed by atoms with Gasteiger partial charge in [-0.2, -0.15) is 0 Å². The number of hydrogen-bond donors (Lipinski definition) is 2. The number of amides is 1. The zero-order chi connectivity index (χ0) is 12.3. The van der Waals surface area contributed by atoms with Crippen LogP contribution in [-0.2, 0) is 11.3 Å². The first-order valence-electron chi connectivity index (χ1n) is 5.54. The van der Waals surface area contributed by atoms with Crippen molar-refractivity contribution in [2.24, 2.45) is 0 Å². The average molecular weight is 233 g/mol. The molecule has 0 atom stereocenters. The zero-order valence-corrected chi connectivity index (χ0v) is 9.68. The van der Waals surface area contributed by atoms with Crippen LogP contribution in [0, 0.1) is 0 Å². The number of nitrogen functional groups attached to an aromatic ring is 1. The molecule has 0 radical (unpaired) electrons. The number of anilines is 1. The Bertz CT molecular complexity index is 534. The maximum Gasteiger partial charge on any atom is 0.221 e. The smallest absolute Gasteiger partial charge is 0.221 e. The summed E-state index contributed by atoms with van der Waals surface area (Å²) in [5.41, 5.74) is 7.46. The van der Waals surface area contributed by atoms with Crippen LogP contribution in [0.3, 0.4) is 0 Å². The Morgan fingerprint density at radius 3 is 3.18 bits per heavy atom. The molecule has 0 spiro atoms. The van der Waals surface area contributed by atoms with Crippen molar-refractivity contribution in [2.45, 2.75) is 19.9 Å². The molecule has 0 bridgehead atoms. The van der Waals surface area contributed by atoms with Gasteiger partial charge in [0.15, 0.2) is 0 Å². The third kappa shape index (κ3) is 2.35. The van der Waals surface area contributed by atoms with E-state index in [0.717, 1.165) is 11.0 Å². The topological polar surface area (TPSA) is 85.8 Å². The molecule has 0 saturated carbocycles. The summed E-state index contributed by atoms with van der Waals surface area (Å²) in [6.07, 6.45) is 3.74. The number of aromatic nitrogens is 3. The minimum absolute atomic E-state index is 0.0165. The van der Waals surface area contributed by atoms with Crippen molar-refractivity contribution < 1.29 is 4.79 Å². The van der Waals surface area contributed by atoms with Crippen LogP contribution in [0.5, 0.6) is 0 Å². The number of imidazole rings is 1. The molecule has 3 N–H and O–H groups in total. The number of aryl methyl sites for hydroxylation is 1. The second kappa shape index (κ2) is 4.82. The Balaban J connectivity index is 2.18. The van der Waals surface area contributed by atoms with Crippen LogP contribution in [0.2, 0.25) is 0 Å². The molecule has 0 aliphatic heterocycles. The number of nitrogens with two attached hydrogens (primary N) is 1. The summed E-state index contributed by atoms with van der Waals surface area (Å²) in [5.74, 6) is 0.431. The summed E-state index contributed by atoms with van der Waals surface area (Å²) in [7, 11) is 0. The lowest BCUT2D eigenvalue weighted by Crippen LogP contribution is -2.24. The maximum atomic E-state index is 11.4. The third-order valence-electron chi connectivity index (χ3n) is 2.52. The molecule has 90 valence electrons. The molecule has 2 rings (SSSR count). The minimum atomic E-state index is 0.0165. The van der Waals surface area contributed by atoms with E-state index in [-0.39, 0.29) is 5.91 Å². The summed E-state index contributed by atoms with van der Waals surface area (Å²) >= 11 is 0. The lowest BCUT2D eigenvalue weighted by molar-refractivity contribution is -0.121. The molecule has 0 fully saturated rings. The highest BCUT2D eigenvalue weighted by Gasteiger charge is 2.09. The Morgan fingerprint density at radius 2 is 2.41 bits per heavy atom. The molecule has 0 aliphatic carbocycles. The van der Waals surface area contributed by atoms with Gasteiger partial charge in [-0.05, 0) is 13.0 Å². The number of nitrogens with one attached hydrogen (secondary N) is 1. The van der Waals surface area contributed by atoms with Crippen molar-refractivity contribution in [3.8, 4) is 0 Å². The average Bonchev–Trinajstić information content (AvgIpc) is 2.62. The van der Waals surface area contributed by atoms with Crippen LogP contribution >= 0.6 is 0 Å². The van der Waals surface area contributed by atoms with Gasteiger partial charge in [0, 0.05) is 25.7 Å². The van der Waals surface area contributed by atoms with E-state index in [2.05, 4.69) is 15.3 Å². The summed E-state index contributed by atoms with van der Waals surface area (Å²) in [6.45, 7) is 3.06. The predicted octanol–water partition coefficient (Wildman–Crippen LogP) is 0.540. The zero-order valence-electron chi connectivity index (χ0n) is 9.68. The fourth-order valence-electron chi connectivity index (χ4n) is 1.73. The first-order valence-corrected chi connectivity index (χ1v) is 5.54. The van der Waals surface area contributed by atoms with Gasteiger partial charge in [-0.3, -0.25) is 9.78 Å². The Morgan fingerprint density at radius 1 is 1.59 bits per heavy atom. The highest BCUT2D eigenvalue weighted by Crippen LogP contribution is 2.16. The van der Waals surface area contributed by atoms with Crippen LogP contribution in [0.4, 0.5) is 5.95 Å². The minimum Gasteiger partial charge on any atom is -0.369 e. The molecule has 0 aliphatic rings. The maximum absolute atomic E-state index is 11.4. The number of nitrogens with zero attached hydrogens (tertiary/aromatic N) is 3. The molecule has 0 unspecified atom stereocenters. The Kier molecular flexibility index (Phi) is 3.22. The second-order valence-electron chi connectivity index (χ2n) is 3.69.